The molecule has 0 atom stereocenters. The average Bonchev–Trinajstić information content (AvgIpc) is 2.78. The van der Waals surface area contributed by atoms with Gasteiger partial charge in [-0.25, -0.2) is 0 Å². The minimum absolute atomic E-state index is 0.0700. The molecule has 0 N–H and O–H groups in total. The number of hydrogen-bond acceptors (Lipinski definition) is 2. The molecular formula is C25H24Cl2N2O. The fourth-order valence-electron chi connectivity index (χ4n) is 4.08. The van der Waals surface area contributed by atoms with Gasteiger partial charge < -0.3 is 4.90 Å². The van der Waals surface area contributed by atoms with Gasteiger partial charge >= 0.3 is 0 Å². The van der Waals surface area contributed by atoms with E-state index in [1.807, 2.05) is 17.0 Å². The van der Waals surface area contributed by atoms with Gasteiger partial charge in [-0.3, -0.25) is 9.69 Å². The van der Waals surface area contributed by atoms with E-state index in [1.54, 1.807) is 18.2 Å². The number of amides is 1. The van der Waals surface area contributed by atoms with Gasteiger partial charge in [-0.2, -0.15) is 0 Å². The molecule has 3 aromatic carbocycles. The van der Waals surface area contributed by atoms with Gasteiger partial charge in [-0.1, -0.05) is 89.9 Å². The smallest absolute Gasteiger partial charge is 0.227 e. The number of carbonyl (C=O) groups excluding carboxylic acids is 1. The lowest BCUT2D eigenvalue weighted by Crippen LogP contribution is -2.50. The van der Waals surface area contributed by atoms with Gasteiger partial charge in [0, 0.05) is 36.2 Å². The summed E-state index contributed by atoms with van der Waals surface area (Å²) in [5.74, 6) is 0.0700. The van der Waals surface area contributed by atoms with Crippen molar-refractivity contribution < 1.29 is 4.79 Å². The van der Waals surface area contributed by atoms with Gasteiger partial charge in [-0.15, -0.1) is 0 Å². The van der Waals surface area contributed by atoms with Crippen molar-refractivity contribution in [3.8, 4) is 0 Å². The second-order valence-electron chi connectivity index (χ2n) is 7.52. The summed E-state index contributed by atoms with van der Waals surface area (Å²) in [6.07, 6.45) is 0.235. The molecular weight excluding hydrogens is 415 g/mol. The van der Waals surface area contributed by atoms with Crippen LogP contribution in [0.3, 0.4) is 0 Å². The molecule has 0 radical (unpaired) electrons. The Balaban J connectivity index is 1.46. The van der Waals surface area contributed by atoms with Crippen LogP contribution in [0.2, 0.25) is 10.0 Å². The third-order valence-electron chi connectivity index (χ3n) is 5.65. The zero-order valence-electron chi connectivity index (χ0n) is 16.7. The average molecular weight is 439 g/mol. The molecule has 0 unspecified atom stereocenters. The Bertz CT molecular complexity index is 927. The number of halogens is 2. The van der Waals surface area contributed by atoms with Crippen molar-refractivity contribution in [1.29, 1.82) is 0 Å². The normalized spacial score (nSPS) is 14.8. The first-order chi connectivity index (χ1) is 14.6. The van der Waals surface area contributed by atoms with Crippen LogP contribution >= 0.6 is 23.2 Å². The van der Waals surface area contributed by atoms with Gasteiger partial charge in [0.15, 0.2) is 0 Å². The number of rotatable bonds is 5. The van der Waals surface area contributed by atoms with Gasteiger partial charge in [0.2, 0.25) is 5.91 Å². The maximum atomic E-state index is 12.9. The van der Waals surface area contributed by atoms with E-state index >= 15 is 0 Å². The van der Waals surface area contributed by atoms with E-state index in [2.05, 4.69) is 53.4 Å². The Labute approximate surface area is 187 Å². The van der Waals surface area contributed by atoms with Gasteiger partial charge in [0.25, 0.3) is 0 Å². The highest BCUT2D eigenvalue weighted by molar-refractivity contribution is 6.36. The maximum Gasteiger partial charge on any atom is 0.227 e. The fraction of sp³-hybridized carbons (Fsp3) is 0.240. The van der Waals surface area contributed by atoms with Crippen molar-refractivity contribution in [2.75, 3.05) is 26.2 Å². The van der Waals surface area contributed by atoms with Crippen molar-refractivity contribution in [3.63, 3.8) is 0 Å². The molecule has 4 rings (SSSR count). The van der Waals surface area contributed by atoms with Crippen LogP contribution in [0.1, 0.15) is 22.7 Å². The predicted octanol–water partition coefficient (Wildman–Crippen LogP) is 5.47. The topological polar surface area (TPSA) is 23.6 Å². The molecule has 1 aliphatic rings. The molecule has 3 aromatic rings. The van der Waals surface area contributed by atoms with Crippen molar-refractivity contribution in [2.24, 2.45) is 0 Å². The van der Waals surface area contributed by atoms with Crippen LogP contribution in [0.5, 0.6) is 0 Å². The quantitative estimate of drug-likeness (QED) is 0.527. The molecule has 3 nitrogen and oxygen atoms in total. The number of nitrogens with zero attached hydrogens (tertiary/aromatic N) is 2. The Hall–Kier alpha value is -2.33. The molecule has 0 spiro atoms. The van der Waals surface area contributed by atoms with Crippen LogP contribution in [0.4, 0.5) is 0 Å². The molecule has 0 bridgehead atoms. The molecule has 1 aliphatic heterocycles. The molecule has 0 aliphatic carbocycles. The summed E-state index contributed by atoms with van der Waals surface area (Å²) in [7, 11) is 0. The summed E-state index contributed by atoms with van der Waals surface area (Å²) in [5.41, 5.74) is 3.25. The molecule has 1 saturated heterocycles. The summed E-state index contributed by atoms with van der Waals surface area (Å²) >= 11 is 12.5. The summed E-state index contributed by atoms with van der Waals surface area (Å²) in [6, 6.07) is 26.6. The van der Waals surface area contributed by atoms with E-state index in [0.29, 0.717) is 28.7 Å². The first-order valence-corrected chi connectivity index (χ1v) is 10.9. The van der Waals surface area contributed by atoms with Crippen molar-refractivity contribution in [2.45, 2.75) is 12.5 Å². The second kappa shape index (κ2) is 9.65. The van der Waals surface area contributed by atoms with Crippen LogP contribution in [0.15, 0.2) is 78.9 Å². The van der Waals surface area contributed by atoms with Crippen LogP contribution in [-0.2, 0) is 11.2 Å². The van der Waals surface area contributed by atoms with Crippen LogP contribution in [0.25, 0.3) is 0 Å². The van der Waals surface area contributed by atoms with Crippen LogP contribution < -0.4 is 0 Å². The first kappa shape index (κ1) is 20.9. The lowest BCUT2D eigenvalue weighted by Gasteiger charge is -2.40. The summed E-state index contributed by atoms with van der Waals surface area (Å²) in [4.78, 5) is 17.3. The van der Waals surface area contributed by atoms with Crippen molar-refractivity contribution >= 4 is 29.1 Å². The number of piperazine rings is 1. The Morgan fingerprint density at radius 3 is 1.73 bits per heavy atom. The number of benzene rings is 3. The van der Waals surface area contributed by atoms with E-state index in [0.717, 1.165) is 13.1 Å². The SMILES string of the molecule is O=C(Cc1c(Cl)cccc1Cl)N1CCN(C(c2ccccc2)c2ccccc2)CC1. The highest BCUT2D eigenvalue weighted by Gasteiger charge is 2.28. The molecule has 1 heterocycles. The zero-order valence-corrected chi connectivity index (χ0v) is 18.2. The third-order valence-corrected chi connectivity index (χ3v) is 6.36. The monoisotopic (exact) mass is 438 g/mol. The summed E-state index contributed by atoms with van der Waals surface area (Å²) in [6.45, 7) is 3.01. The van der Waals surface area contributed by atoms with Gasteiger partial charge in [0.05, 0.1) is 12.5 Å². The van der Waals surface area contributed by atoms with Crippen LogP contribution in [-0.4, -0.2) is 41.9 Å². The Morgan fingerprint density at radius 1 is 0.733 bits per heavy atom. The molecule has 1 fully saturated rings. The molecule has 30 heavy (non-hydrogen) atoms. The fourth-order valence-corrected chi connectivity index (χ4v) is 4.61. The molecule has 5 heteroatoms. The number of carbonyl (C=O) groups is 1. The van der Waals surface area contributed by atoms with Crippen molar-refractivity contribution in [3.05, 3.63) is 106 Å². The molecule has 0 aromatic heterocycles. The largest absolute Gasteiger partial charge is 0.340 e. The second-order valence-corrected chi connectivity index (χ2v) is 8.33. The third kappa shape index (κ3) is 4.70. The van der Waals surface area contributed by atoms with E-state index in [9.17, 15) is 4.79 Å². The first-order valence-electron chi connectivity index (χ1n) is 10.2. The summed E-state index contributed by atoms with van der Waals surface area (Å²) < 4.78 is 0. The van der Waals surface area contributed by atoms with Crippen LogP contribution in [0, 0.1) is 0 Å². The van der Waals surface area contributed by atoms with E-state index in [1.165, 1.54) is 11.1 Å². The van der Waals surface area contributed by atoms with Crippen molar-refractivity contribution in [1.82, 2.24) is 9.80 Å². The Morgan fingerprint density at radius 2 is 1.23 bits per heavy atom. The number of hydrogen-bond donors (Lipinski definition) is 0. The lowest BCUT2D eigenvalue weighted by atomic mass is 9.96. The summed E-state index contributed by atoms with van der Waals surface area (Å²) in [5, 5.41) is 1.09. The minimum atomic E-state index is 0.0700. The van der Waals surface area contributed by atoms with E-state index in [4.69, 9.17) is 23.2 Å². The highest BCUT2D eigenvalue weighted by atomic mass is 35.5. The minimum Gasteiger partial charge on any atom is -0.340 e. The predicted molar refractivity (Wildman–Crippen MR) is 123 cm³/mol. The van der Waals surface area contributed by atoms with E-state index in [-0.39, 0.29) is 18.4 Å². The van der Waals surface area contributed by atoms with Gasteiger partial charge in [0.1, 0.15) is 0 Å². The Kier molecular flexibility index (Phi) is 6.73. The molecule has 154 valence electrons. The lowest BCUT2D eigenvalue weighted by molar-refractivity contribution is -0.132. The highest BCUT2D eigenvalue weighted by Crippen LogP contribution is 2.30. The van der Waals surface area contributed by atoms with Gasteiger partial charge in [-0.05, 0) is 28.8 Å². The zero-order chi connectivity index (χ0) is 20.9. The molecule has 1 amide bonds. The van der Waals surface area contributed by atoms with E-state index < -0.39 is 0 Å². The standard InChI is InChI=1S/C25H24Cl2N2O/c26-22-12-7-13-23(27)21(22)18-24(30)28-14-16-29(17-15-28)25(19-8-3-1-4-9-19)20-10-5-2-6-11-20/h1-13,25H,14-18H2. The maximum absolute atomic E-state index is 12.9. The molecule has 0 saturated carbocycles.